The van der Waals surface area contributed by atoms with Crippen LogP contribution in [-0.4, -0.2) is 35.8 Å². The number of aryl methyl sites for hydroxylation is 2. The third-order valence-electron chi connectivity index (χ3n) is 5.71. The van der Waals surface area contributed by atoms with Gasteiger partial charge in [-0.25, -0.2) is 18.7 Å². The molecule has 0 atom stereocenters. The number of hydrogen-bond acceptors (Lipinski definition) is 6. The predicted octanol–water partition coefficient (Wildman–Crippen LogP) is 4.41. The molecule has 8 nitrogen and oxygen atoms in total. The van der Waals surface area contributed by atoms with Crippen LogP contribution in [0, 0.1) is 6.92 Å². The molecule has 10 heteroatoms. The molecule has 0 amide bonds. The number of anilines is 1. The number of halogens is 2. The highest BCUT2D eigenvalue weighted by Gasteiger charge is 2.19. The van der Waals surface area contributed by atoms with Crippen molar-refractivity contribution in [2.45, 2.75) is 20.3 Å². The molecule has 4 aromatic heterocycles. The molecule has 4 heterocycles. The third-order valence-corrected chi connectivity index (χ3v) is 5.71. The lowest BCUT2D eigenvalue weighted by Gasteiger charge is -2.12. The normalized spacial score (nSPS) is 11.6. The summed E-state index contributed by atoms with van der Waals surface area (Å²) in [5, 5.41) is 7.69. The van der Waals surface area contributed by atoms with Gasteiger partial charge in [0, 0.05) is 25.4 Å². The standard InChI is InChI=1S/C24H21F2N7O/c1-4-27-20-10-9-17-22(30-20)21(14-5-7-18(23(25)26)28-12-14)24(34)33(31-17)15-6-8-16-19(11-15)32(3)13(2)29-16/h5-12,23H,4H2,1-3H3,(H,27,30). The van der Waals surface area contributed by atoms with E-state index in [2.05, 4.69) is 25.4 Å². The van der Waals surface area contributed by atoms with Crippen molar-refractivity contribution in [3.8, 4) is 16.8 Å². The zero-order valence-corrected chi connectivity index (χ0v) is 18.8. The van der Waals surface area contributed by atoms with Gasteiger partial charge in [0.05, 0.1) is 22.3 Å². The smallest absolute Gasteiger partial charge is 0.281 e. The molecule has 172 valence electrons. The van der Waals surface area contributed by atoms with Gasteiger partial charge in [-0.2, -0.15) is 9.78 Å². The van der Waals surface area contributed by atoms with E-state index in [9.17, 15) is 13.6 Å². The molecule has 1 N–H and O–H groups in total. The summed E-state index contributed by atoms with van der Waals surface area (Å²) in [4.78, 5) is 26.7. The van der Waals surface area contributed by atoms with Crippen molar-refractivity contribution >= 4 is 27.9 Å². The van der Waals surface area contributed by atoms with Crippen LogP contribution in [0.15, 0.2) is 53.5 Å². The monoisotopic (exact) mass is 461 g/mol. The molecule has 34 heavy (non-hydrogen) atoms. The maximum Gasteiger partial charge on any atom is 0.281 e. The SMILES string of the molecule is CCNc1ccc2nn(-c3ccc4nc(C)n(C)c4c3)c(=O)c(-c3ccc(C(F)F)nc3)c2n1. The number of fused-ring (bicyclic) bond motifs is 2. The average Bonchev–Trinajstić information content (AvgIpc) is 3.12. The van der Waals surface area contributed by atoms with Gasteiger partial charge in [0.1, 0.15) is 28.4 Å². The van der Waals surface area contributed by atoms with E-state index >= 15 is 0 Å². The average molecular weight is 461 g/mol. The summed E-state index contributed by atoms with van der Waals surface area (Å²) in [7, 11) is 1.90. The van der Waals surface area contributed by atoms with Crippen molar-refractivity contribution in [2.75, 3.05) is 11.9 Å². The summed E-state index contributed by atoms with van der Waals surface area (Å²) < 4.78 is 29.3. The molecule has 0 aliphatic carbocycles. The maximum atomic E-state index is 13.7. The van der Waals surface area contributed by atoms with Gasteiger partial charge in [-0.15, -0.1) is 0 Å². The van der Waals surface area contributed by atoms with Gasteiger partial charge in [0.2, 0.25) is 0 Å². The zero-order valence-electron chi connectivity index (χ0n) is 18.8. The zero-order chi connectivity index (χ0) is 24.0. The second-order valence-corrected chi connectivity index (χ2v) is 7.85. The molecule has 0 aliphatic rings. The van der Waals surface area contributed by atoms with Crippen LogP contribution in [0.25, 0.3) is 38.9 Å². The Bertz CT molecular complexity index is 1590. The molecule has 0 aliphatic heterocycles. The quantitative estimate of drug-likeness (QED) is 0.417. The van der Waals surface area contributed by atoms with Crippen LogP contribution in [0.1, 0.15) is 24.9 Å². The van der Waals surface area contributed by atoms with Gasteiger partial charge >= 0.3 is 0 Å². The van der Waals surface area contributed by atoms with Crippen LogP contribution in [0.4, 0.5) is 14.6 Å². The van der Waals surface area contributed by atoms with Gasteiger partial charge in [-0.3, -0.25) is 9.78 Å². The Hall–Kier alpha value is -4.21. The van der Waals surface area contributed by atoms with Crippen LogP contribution in [0.5, 0.6) is 0 Å². The summed E-state index contributed by atoms with van der Waals surface area (Å²) >= 11 is 0. The number of nitrogens with one attached hydrogen (secondary N) is 1. The lowest BCUT2D eigenvalue weighted by molar-refractivity contribution is 0.146. The maximum absolute atomic E-state index is 13.7. The van der Waals surface area contributed by atoms with E-state index in [1.807, 2.05) is 37.6 Å². The van der Waals surface area contributed by atoms with Crippen LogP contribution >= 0.6 is 0 Å². The molecule has 0 unspecified atom stereocenters. The molecular weight excluding hydrogens is 440 g/mol. The van der Waals surface area contributed by atoms with E-state index in [1.165, 1.54) is 23.0 Å². The number of rotatable bonds is 5. The van der Waals surface area contributed by atoms with Crippen molar-refractivity contribution < 1.29 is 8.78 Å². The topological polar surface area (TPSA) is 90.5 Å². The molecule has 0 bridgehead atoms. The second kappa shape index (κ2) is 8.29. The first-order valence-corrected chi connectivity index (χ1v) is 10.7. The minimum atomic E-state index is -2.70. The number of benzene rings is 1. The van der Waals surface area contributed by atoms with Crippen molar-refractivity contribution in [3.05, 3.63) is 70.5 Å². The highest BCUT2D eigenvalue weighted by atomic mass is 19.3. The number of aromatic nitrogens is 6. The Labute approximate surface area is 192 Å². The number of alkyl halides is 2. The number of hydrogen-bond donors (Lipinski definition) is 1. The number of nitrogens with zero attached hydrogens (tertiary/aromatic N) is 6. The summed E-state index contributed by atoms with van der Waals surface area (Å²) in [6.45, 7) is 4.49. The van der Waals surface area contributed by atoms with Crippen molar-refractivity contribution in [1.82, 2.24) is 29.3 Å². The predicted molar refractivity (Wildman–Crippen MR) is 126 cm³/mol. The molecule has 0 radical (unpaired) electrons. The summed E-state index contributed by atoms with van der Waals surface area (Å²) in [5.41, 5.74) is 2.89. The molecule has 0 saturated carbocycles. The highest BCUT2D eigenvalue weighted by molar-refractivity contribution is 5.91. The van der Waals surface area contributed by atoms with Crippen LogP contribution in [0.2, 0.25) is 0 Å². The van der Waals surface area contributed by atoms with Crippen LogP contribution < -0.4 is 10.9 Å². The molecule has 1 aromatic carbocycles. The van der Waals surface area contributed by atoms with Crippen LogP contribution in [-0.2, 0) is 7.05 Å². The second-order valence-electron chi connectivity index (χ2n) is 7.85. The first kappa shape index (κ1) is 21.6. The van der Waals surface area contributed by atoms with Crippen molar-refractivity contribution in [2.24, 2.45) is 7.05 Å². The number of pyridine rings is 2. The largest absolute Gasteiger partial charge is 0.370 e. The Kier molecular flexibility index (Phi) is 5.27. The first-order valence-electron chi connectivity index (χ1n) is 10.7. The summed E-state index contributed by atoms with van der Waals surface area (Å²) in [6, 6.07) is 11.7. The van der Waals surface area contributed by atoms with E-state index < -0.39 is 12.0 Å². The number of imidazole rings is 1. The molecule has 0 saturated heterocycles. The Morgan fingerprint density at radius 3 is 2.56 bits per heavy atom. The van der Waals surface area contributed by atoms with E-state index in [4.69, 9.17) is 0 Å². The Balaban J connectivity index is 1.79. The fourth-order valence-electron chi connectivity index (χ4n) is 3.90. The van der Waals surface area contributed by atoms with E-state index in [0.717, 1.165) is 16.9 Å². The summed E-state index contributed by atoms with van der Waals surface area (Å²) in [6.07, 6.45) is -1.43. The van der Waals surface area contributed by atoms with Gasteiger partial charge in [-0.05, 0) is 50.2 Å². The van der Waals surface area contributed by atoms with Gasteiger partial charge in [0.15, 0.2) is 0 Å². The molecule has 0 spiro atoms. The van der Waals surface area contributed by atoms with Crippen molar-refractivity contribution in [3.63, 3.8) is 0 Å². The van der Waals surface area contributed by atoms with Gasteiger partial charge in [0.25, 0.3) is 12.0 Å². The van der Waals surface area contributed by atoms with Gasteiger partial charge in [-0.1, -0.05) is 6.07 Å². The van der Waals surface area contributed by atoms with E-state index in [1.54, 1.807) is 18.2 Å². The highest BCUT2D eigenvalue weighted by Crippen LogP contribution is 2.27. The molecular formula is C24H21F2N7O. The van der Waals surface area contributed by atoms with Gasteiger partial charge < -0.3 is 9.88 Å². The van der Waals surface area contributed by atoms with E-state index in [0.29, 0.717) is 34.6 Å². The van der Waals surface area contributed by atoms with Crippen LogP contribution in [0.3, 0.4) is 0 Å². The fourth-order valence-corrected chi connectivity index (χ4v) is 3.90. The van der Waals surface area contributed by atoms with E-state index in [-0.39, 0.29) is 11.3 Å². The lowest BCUT2D eigenvalue weighted by atomic mass is 10.1. The first-order chi connectivity index (χ1) is 16.4. The molecule has 0 fully saturated rings. The van der Waals surface area contributed by atoms with Crippen molar-refractivity contribution in [1.29, 1.82) is 0 Å². The minimum Gasteiger partial charge on any atom is -0.370 e. The molecule has 5 rings (SSSR count). The lowest BCUT2D eigenvalue weighted by Crippen LogP contribution is -2.24. The third kappa shape index (κ3) is 3.57. The Morgan fingerprint density at radius 1 is 1.06 bits per heavy atom. The summed E-state index contributed by atoms with van der Waals surface area (Å²) in [5.74, 6) is 1.43. The fraction of sp³-hybridized carbons (Fsp3) is 0.208. The Morgan fingerprint density at radius 2 is 1.85 bits per heavy atom. The molecule has 5 aromatic rings. The minimum absolute atomic E-state index is 0.236.